The van der Waals surface area contributed by atoms with Crippen molar-refractivity contribution in [3.8, 4) is 11.3 Å². The number of benzene rings is 1. The van der Waals surface area contributed by atoms with Gasteiger partial charge in [-0.05, 0) is 30.2 Å². The molecule has 1 aromatic carbocycles. The number of nitrogens with one attached hydrogen (secondary N) is 2. The van der Waals surface area contributed by atoms with Crippen LogP contribution in [-0.4, -0.2) is 9.97 Å². The summed E-state index contributed by atoms with van der Waals surface area (Å²) in [7, 11) is 0. The maximum absolute atomic E-state index is 4.21. The van der Waals surface area contributed by atoms with Crippen LogP contribution in [0, 0.1) is 6.92 Å². The molecule has 1 aliphatic heterocycles. The second-order valence-corrected chi connectivity index (χ2v) is 4.16. The number of rotatable bonds is 1. The molecule has 0 saturated heterocycles. The van der Waals surface area contributed by atoms with Gasteiger partial charge in [-0.3, -0.25) is 0 Å². The topological polar surface area (TPSA) is 40.7 Å². The molecule has 0 fully saturated rings. The van der Waals surface area contributed by atoms with Gasteiger partial charge in [0.25, 0.3) is 0 Å². The van der Waals surface area contributed by atoms with Crippen LogP contribution >= 0.6 is 0 Å². The Morgan fingerprint density at radius 2 is 2.25 bits per heavy atom. The average Bonchev–Trinajstić information content (AvgIpc) is 2.81. The van der Waals surface area contributed by atoms with Crippen molar-refractivity contribution in [2.24, 2.45) is 0 Å². The zero-order chi connectivity index (χ0) is 11.1. The highest BCUT2D eigenvalue weighted by molar-refractivity contribution is 5.70. The Bertz CT molecular complexity index is 566. The number of fused-ring (bicyclic) bond motifs is 1. The minimum absolute atomic E-state index is 0.913. The molecule has 1 aliphatic rings. The number of hydrogen-bond donors (Lipinski definition) is 2. The van der Waals surface area contributed by atoms with E-state index in [1.165, 1.54) is 16.8 Å². The monoisotopic (exact) mass is 211 g/mol. The number of H-pyrrole nitrogens is 1. The van der Waals surface area contributed by atoms with Gasteiger partial charge in [0.1, 0.15) is 5.82 Å². The van der Waals surface area contributed by atoms with E-state index in [4.69, 9.17) is 0 Å². The van der Waals surface area contributed by atoms with Gasteiger partial charge in [0.2, 0.25) is 0 Å². The number of nitrogens with zero attached hydrogens (tertiary/aromatic N) is 1. The van der Waals surface area contributed by atoms with Crippen LogP contribution in [-0.2, 0) is 6.42 Å². The first-order valence-corrected chi connectivity index (χ1v) is 5.32. The molecule has 3 nitrogen and oxygen atoms in total. The average molecular weight is 211 g/mol. The Morgan fingerprint density at radius 1 is 1.38 bits per heavy atom. The minimum Gasteiger partial charge on any atom is -0.359 e. The van der Waals surface area contributed by atoms with Gasteiger partial charge in [-0.1, -0.05) is 12.6 Å². The first-order chi connectivity index (χ1) is 7.72. The lowest BCUT2D eigenvalue weighted by Gasteiger charge is -2.02. The van der Waals surface area contributed by atoms with Crippen molar-refractivity contribution in [2.45, 2.75) is 13.3 Å². The molecule has 0 radical (unpaired) electrons. The van der Waals surface area contributed by atoms with Gasteiger partial charge in [0.15, 0.2) is 0 Å². The highest BCUT2D eigenvalue weighted by Crippen LogP contribution is 2.30. The van der Waals surface area contributed by atoms with Gasteiger partial charge in [0.05, 0.1) is 11.9 Å². The van der Waals surface area contributed by atoms with E-state index >= 15 is 0 Å². The van der Waals surface area contributed by atoms with E-state index in [1.54, 1.807) is 0 Å². The molecule has 0 unspecified atom stereocenters. The summed E-state index contributed by atoms with van der Waals surface area (Å²) in [5.41, 5.74) is 5.78. The van der Waals surface area contributed by atoms with Crippen molar-refractivity contribution in [3.63, 3.8) is 0 Å². The van der Waals surface area contributed by atoms with Gasteiger partial charge in [-0.25, -0.2) is 4.98 Å². The number of aromatic nitrogens is 2. The van der Waals surface area contributed by atoms with Crippen molar-refractivity contribution in [1.29, 1.82) is 0 Å². The van der Waals surface area contributed by atoms with Crippen molar-refractivity contribution in [3.05, 3.63) is 48.1 Å². The van der Waals surface area contributed by atoms with Crippen molar-refractivity contribution in [1.82, 2.24) is 9.97 Å². The zero-order valence-corrected chi connectivity index (χ0v) is 9.17. The lowest BCUT2D eigenvalue weighted by Crippen LogP contribution is -1.87. The van der Waals surface area contributed by atoms with Gasteiger partial charge < -0.3 is 10.3 Å². The van der Waals surface area contributed by atoms with Gasteiger partial charge in [-0.15, -0.1) is 0 Å². The molecule has 3 heteroatoms. The Hall–Kier alpha value is -2.03. The van der Waals surface area contributed by atoms with Crippen molar-refractivity contribution < 1.29 is 0 Å². The van der Waals surface area contributed by atoms with E-state index < -0.39 is 0 Å². The van der Waals surface area contributed by atoms with E-state index in [1.807, 2.05) is 13.1 Å². The third-order valence-electron chi connectivity index (χ3n) is 2.83. The van der Waals surface area contributed by atoms with E-state index in [0.717, 1.165) is 23.6 Å². The molecule has 2 heterocycles. The fraction of sp³-hybridized carbons (Fsp3) is 0.154. The van der Waals surface area contributed by atoms with Crippen LogP contribution in [0.3, 0.4) is 0 Å². The SMILES string of the molecule is C=C1Cc2cc(-c3cnc(C)[nH]3)ccc2N1. The van der Waals surface area contributed by atoms with Gasteiger partial charge in [0, 0.05) is 17.8 Å². The summed E-state index contributed by atoms with van der Waals surface area (Å²) in [4.78, 5) is 7.45. The molecule has 0 amide bonds. The summed E-state index contributed by atoms with van der Waals surface area (Å²) in [5, 5.41) is 3.26. The molecule has 0 atom stereocenters. The van der Waals surface area contributed by atoms with Crippen LogP contribution in [0.4, 0.5) is 5.69 Å². The Kier molecular flexibility index (Phi) is 1.86. The second kappa shape index (κ2) is 3.23. The predicted molar refractivity (Wildman–Crippen MR) is 65.2 cm³/mol. The molecule has 0 bridgehead atoms. The zero-order valence-electron chi connectivity index (χ0n) is 9.17. The fourth-order valence-corrected chi connectivity index (χ4v) is 2.06. The number of imidazole rings is 1. The summed E-state index contributed by atoms with van der Waals surface area (Å²) in [6.07, 6.45) is 2.78. The first-order valence-electron chi connectivity index (χ1n) is 5.32. The molecular weight excluding hydrogens is 198 g/mol. The van der Waals surface area contributed by atoms with E-state index in [-0.39, 0.29) is 0 Å². The summed E-state index contributed by atoms with van der Waals surface area (Å²) < 4.78 is 0. The largest absolute Gasteiger partial charge is 0.359 e. The summed E-state index contributed by atoms with van der Waals surface area (Å²) in [6.45, 7) is 5.90. The Balaban J connectivity index is 2.05. The van der Waals surface area contributed by atoms with Crippen LogP contribution in [0.5, 0.6) is 0 Å². The minimum atomic E-state index is 0.913. The van der Waals surface area contributed by atoms with Crippen LogP contribution in [0.2, 0.25) is 0 Å². The van der Waals surface area contributed by atoms with Crippen LogP contribution in [0.25, 0.3) is 11.3 Å². The fourth-order valence-electron chi connectivity index (χ4n) is 2.06. The number of hydrogen-bond acceptors (Lipinski definition) is 2. The molecule has 2 N–H and O–H groups in total. The Morgan fingerprint density at radius 3 is 3.00 bits per heavy atom. The lowest BCUT2D eigenvalue weighted by molar-refractivity contribution is 1.15. The van der Waals surface area contributed by atoms with Crippen molar-refractivity contribution >= 4 is 5.69 Å². The Labute approximate surface area is 94.2 Å². The van der Waals surface area contributed by atoms with E-state index in [9.17, 15) is 0 Å². The lowest BCUT2D eigenvalue weighted by atomic mass is 10.1. The molecular formula is C13H13N3. The van der Waals surface area contributed by atoms with E-state index in [2.05, 4.69) is 40.1 Å². The third kappa shape index (κ3) is 1.41. The summed E-state index contributed by atoms with van der Waals surface area (Å²) in [6, 6.07) is 6.38. The summed E-state index contributed by atoms with van der Waals surface area (Å²) in [5.74, 6) is 0.943. The number of aryl methyl sites for hydroxylation is 1. The molecule has 1 aromatic heterocycles. The predicted octanol–water partition coefficient (Wildman–Crippen LogP) is 2.87. The normalized spacial score (nSPS) is 13.7. The second-order valence-electron chi connectivity index (χ2n) is 4.16. The standard InChI is InChI=1S/C13H13N3/c1-8-5-11-6-10(3-4-12(11)15-8)13-7-14-9(2)16-13/h3-4,6-7,15H,1,5H2,2H3,(H,14,16). The highest BCUT2D eigenvalue weighted by atomic mass is 14.9. The van der Waals surface area contributed by atoms with Gasteiger partial charge in [-0.2, -0.15) is 0 Å². The maximum atomic E-state index is 4.21. The van der Waals surface area contributed by atoms with Crippen molar-refractivity contribution in [2.75, 3.05) is 5.32 Å². The van der Waals surface area contributed by atoms with Crippen LogP contribution in [0.15, 0.2) is 36.7 Å². The molecule has 16 heavy (non-hydrogen) atoms. The summed E-state index contributed by atoms with van der Waals surface area (Å²) >= 11 is 0. The van der Waals surface area contributed by atoms with Gasteiger partial charge >= 0.3 is 0 Å². The number of anilines is 1. The molecule has 0 aliphatic carbocycles. The molecule has 2 aromatic rings. The van der Waals surface area contributed by atoms with E-state index in [0.29, 0.717) is 0 Å². The van der Waals surface area contributed by atoms with Crippen LogP contribution in [0.1, 0.15) is 11.4 Å². The smallest absolute Gasteiger partial charge is 0.103 e. The number of allylic oxidation sites excluding steroid dienone is 1. The highest BCUT2D eigenvalue weighted by Gasteiger charge is 2.14. The molecule has 3 rings (SSSR count). The number of aromatic amines is 1. The molecule has 0 spiro atoms. The first kappa shape index (κ1) is 9.21. The third-order valence-corrected chi connectivity index (χ3v) is 2.83. The van der Waals surface area contributed by atoms with Crippen LogP contribution < -0.4 is 5.32 Å². The maximum Gasteiger partial charge on any atom is 0.103 e. The molecule has 0 saturated carbocycles. The molecule has 80 valence electrons. The quantitative estimate of drug-likeness (QED) is 0.761.